The van der Waals surface area contributed by atoms with Gasteiger partial charge in [0.05, 0.1) is 12.1 Å². The van der Waals surface area contributed by atoms with Crippen molar-refractivity contribution in [2.75, 3.05) is 19.6 Å². The summed E-state index contributed by atoms with van der Waals surface area (Å²) in [6.07, 6.45) is 1.49. The van der Waals surface area contributed by atoms with E-state index >= 15 is 0 Å². The second-order valence-electron chi connectivity index (χ2n) is 6.23. The van der Waals surface area contributed by atoms with Crippen LogP contribution in [0.15, 0.2) is 6.07 Å². The maximum atomic E-state index is 12.5. The number of aromatic nitrogens is 1. The number of nitrogens with zero attached hydrogens (tertiary/aromatic N) is 2. The molecule has 4 heteroatoms. The van der Waals surface area contributed by atoms with Gasteiger partial charge in [-0.3, -0.25) is 9.69 Å². The lowest BCUT2D eigenvalue weighted by molar-refractivity contribution is -0.00420. The fourth-order valence-electron chi connectivity index (χ4n) is 3.05. The molecule has 2 rings (SSSR count). The molecule has 0 saturated carbocycles. The summed E-state index contributed by atoms with van der Waals surface area (Å²) in [6, 6.07) is 2.00. The van der Waals surface area contributed by atoms with Crippen LogP contribution in [0.25, 0.3) is 0 Å². The lowest BCUT2D eigenvalue weighted by Gasteiger charge is -2.35. The molecule has 1 aliphatic rings. The van der Waals surface area contributed by atoms with Crippen LogP contribution in [0.5, 0.6) is 0 Å². The van der Waals surface area contributed by atoms with Crippen LogP contribution >= 0.6 is 0 Å². The molecular weight excluding hydrogens is 252 g/mol. The standard InChI is InChI=1S/C16H26N2O2/c1-5-18-12(2)10-14(13(18)3)15(19)11-17-8-6-16(4,20)7-9-17/h10,20H,5-9,11H2,1-4H3. The number of hydrogen-bond acceptors (Lipinski definition) is 3. The third kappa shape index (κ3) is 3.13. The second-order valence-corrected chi connectivity index (χ2v) is 6.23. The summed E-state index contributed by atoms with van der Waals surface area (Å²) in [5.41, 5.74) is 2.51. The number of piperidine rings is 1. The second kappa shape index (κ2) is 5.70. The number of carbonyl (C=O) groups excluding carboxylic acids is 1. The predicted molar refractivity (Wildman–Crippen MR) is 80.2 cm³/mol. The molecule has 0 unspecified atom stereocenters. The molecule has 1 aromatic heterocycles. The van der Waals surface area contributed by atoms with Gasteiger partial charge in [0.15, 0.2) is 5.78 Å². The molecule has 1 aliphatic heterocycles. The Kier molecular flexibility index (Phi) is 4.35. The maximum absolute atomic E-state index is 12.5. The van der Waals surface area contributed by atoms with Crippen LogP contribution in [-0.4, -0.2) is 45.6 Å². The number of ketones is 1. The minimum atomic E-state index is -0.558. The molecule has 0 radical (unpaired) electrons. The molecule has 0 amide bonds. The van der Waals surface area contributed by atoms with E-state index in [4.69, 9.17) is 0 Å². The van der Waals surface area contributed by atoms with Crippen molar-refractivity contribution in [3.8, 4) is 0 Å². The van der Waals surface area contributed by atoms with Crippen molar-refractivity contribution in [3.05, 3.63) is 23.0 Å². The molecule has 4 nitrogen and oxygen atoms in total. The third-order valence-corrected chi connectivity index (χ3v) is 4.49. The molecule has 112 valence electrons. The average Bonchev–Trinajstić information content (AvgIpc) is 2.67. The number of carbonyl (C=O) groups is 1. The quantitative estimate of drug-likeness (QED) is 0.858. The summed E-state index contributed by atoms with van der Waals surface area (Å²) < 4.78 is 2.17. The number of likely N-dealkylation sites (tertiary alicyclic amines) is 1. The Bertz CT molecular complexity index is 493. The van der Waals surface area contributed by atoms with Crippen molar-refractivity contribution in [3.63, 3.8) is 0 Å². The van der Waals surface area contributed by atoms with Crippen molar-refractivity contribution in [2.24, 2.45) is 0 Å². The monoisotopic (exact) mass is 278 g/mol. The van der Waals surface area contributed by atoms with E-state index in [1.54, 1.807) is 0 Å². The van der Waals surface area contributed by atoms with Gasteiger partial charge >= 0.3 is 0 Å². The zero-order valence-corrected chi connectivity index (χ0v) is 13.1. The van der Waals surface area contributed by atoms with Gasteiger partial charge < -0.3 is 9.67 Å². The molecule has 1 aromatic rings. The molecule has 1 fully saturated rings. The van der Waals surface area contributed by atoms with E-state index in [2.05, 4.69) is 16.4 Å². The Morgan fingerprint density at radius 1 is 1.35 bits per heavy atom. The van der Waals surface area contributed by atoms with E-state index in [0.717, 1.165) is 49.4 Å². The lowest BCUT2D eigenvalue weighted by Crippen LogP contribution is -2.44. The average molecular weight is 278 g/mol. The Balaban J connectivity index is 2.03. The first-order valence-electron chi connectivity index (χ1n) is 7.48. The van der Waals surface area contributed by atoms with Gasteiger partial charge in [-0.25, -0.2) is 0 Å². The molecule has 0 aliphatic carbocycles. The first-order valence-corrected chi connectivity index (χ1v) is 7.48. The molecule has 0 spiro atoms. The fourth-order valence-corrected chi connectivity index (χ4v) is 3.05. The zero-order chi connectivity index (χ0) is 14.9. The van der Waals surface area contributed by atoms with Gasteiger partial charge in [0.25, 0.3) is 0 Å². The third-order valence-electron chi connectivity index (χ3n) is 4.49. The smallest absolute Gasteiger partial charge is 0.178 e. The molecule has 0 aromatic carbocycles. The molecular formula is C16H26N2O2. The summed E-state index contributed by atoms with van der Waals surface area (Å²) in [5.74, 6) is 0.194. The van der Waals surface area contributed by atoms with Crippen molar-refractivity contribution in [1.82, 2.24) is 9.47 Å². The van der Waals surface area contributed by atoms with Gasteiger partial charge in [0, 0.05) is 36.6 Å². The van der Waals surface area contributed by atoms with Crippen LogP contribution in [0.4, 0.5) is 0 Å². The molecule has 20 heavy (non-hydrogen) atoms. The lowest BCUT2D eigenvalue weighted by atomic mass is 9.93. The largest absolute Gasteiger partial charge is 0.390 e. The van der Waals surface area contributed by atoms with Crippen LogP contribution < -0.4 is 0 Å². The SMILES string of the molecule is CCn1c(C)cc(C(=O)CN2CCC(C)(O)CC2)c1C. The van der Waals surface area contributed by atoms with Crippen molar-refractivity contribution in [2.45, 2.75) is 52.7 Å². The molecule has 1 saturated heterocycles. The first kappa shape index (κ1) is 15.3. The van der Waals surface area contributed by atoms with E-state index in [-0.39, 0.29) is 5.78 Å². The van der Waals surface area contributed by atoms with E-state index in [0.29, 0.717) is 6.54 Å². The van der Waals surface area contributed by atoms with Crippen LogP contribution in [-0.2, 0) is 6.54 Å². The molecule has 2 heterocycles. The van der Waals surface area contributed by atoms with Gasteiger partial charge in [-0.05, 0) is 46.6 Å². The Morgan fingerprint density at radius 3 is 2.45 bits per heavy atom. The van der Waals surface area contributed by atoms with Gasteiger partial charge in [-0.2, -0.15) is 0 Å². The summed E-state index contributed by atoms with van der Waals surface area (Å²) in [6.45, 7) is 11.0. The molecule has 0 atom stereocenters. The zero-order valence-electron chi connectivity index (χ0n) is 13.1. The molecule has 0 bridgehead atoms. The highest BCUT2D eigenvalue weighted by Crippen LogP contribution is 2.22. The van der Waals surface area contributed by atoms with Crippen LogP contribution in [0, 0.1) is 13.8 Å². The summed E-state index contributed by atoms with van der Waals surface area (Å²) in [7, 11) is 0. The Hall–Kier alpha value is -1.13. The summed E-state index contributed by atoms with van der Waals surface area (Å²) in [4.78, 5) is 14.6. The van der Waals surface area contributed by atoms with Gasteiger partial charge in [0.1, 0.15) is 0 Å². The van der Waals surface area contributed by atoms with Crippen LogP contribution in [0.3, 0.4) is 0 Å². The maximum Gasteiger partial charge on any atom is 0.178 e. The number of aliphatic hydroxyl groups is 1. The van der Waals surface area contributed by atoms with Crippen LogP contribution in [0.1, 0.15) is 48.4 Å². The number of Topliss-reactive ketones (excluding diaryl/α,β-unsaturated/α-hetero) is 1. The highest BCUT2D eigenvalue weighted by molar-refractivity contribution is 5.99. The van der Waals surface area contributed by atoms with Crippen LogP contribution in [0.2, 0.25) is 0 Å². The minimum Gasteiger partial charge on any atom is -0.390 e. The van der Waals surface area contributed by atoms with Gasteiger partial charge in [-0.1, -0.05) is 0 Å². The minimum absolute atomic E-state index is 0.194. The predicted octanol–water partition coefficient (Wildman–Crippen LogP) is 2.15. The number of rotatable bonds is 4. The fraction of sp³-hybridized carbons (Fsp3) is 0.688. The van der Waals surface area contributed by atoms with Crippen molar-refractivity contribution < 1.29 is 9.90 Å². The van der Waals surface area contributed by atoms with E-state index in [1.165, 1.54) is 0 Å². The van der Waals surface area contributed by atoms with Crippen molar-refractivity contribution in [1.29, 1.82) is 0 Å². The van der Waals surface area contributed by atoms with E-state index in [1.807, 2.05) is 26.8 Å². The topological polar surface area (TPSA) is 45.5 Å². The number of hydrogen-bond donors (Lipinski definition) is 1. The van der Waals surface area contributed by atoms with Gasteiger partial charge in [-0.15, -0.1) is 0 Å². The Labute approximate surface area is 121 Å². The molecule has 1 N–H and O–H groups in total. The Morgan fingerprint density at radius 2 is 1.95 bits per heavy atom. The highest BCUT2D eigenvalue weighted by atomic mass is 16.3. The van der Waals surface area contributed by atoms with Gasteiger partial charge in [0.2, 0.25) is 0 Å². The number of aryl methyl sites for hydroxylation is 1. The first-order chi connectivity index (χ1) is 9.34. The van der Waals surface area contributed by atoms with E-state index < -0.39 is 5.60 Å². The van der Waals surface area contributed by atoms with E-state index in [9.17, 15) is 9.90 Å². The highest BCUT2D eigenvalue weighted by Gasteiger charge is 2.28. The normalized spacial score (nSPS) is 19.2. The summed E-state index contributed by atoms with van der Waals surface area (Å²) >= 11 is 0. The van der Waals surface area contributed by atoms with Crippen molar-refractivity contribution >= 4 is 5.78 Å². The summed E-state index contributed by atoms with van der Waals surface area (Å²) in [5, 5.41) is 9.94.